The van der Waals surface area contributed by atoms with Crippen molar-refractivity contribution < 1.29 is 24.2 Å². The first-order valence-corrected chi connectivity index (χ1v) is 6.33. The summed E-state index contributed by atoms with van der Waals surface area (Å²) in [7, 11) is 1.12. The van der Waals surface area contributed by atoms with E-state index in [9.17, 15) is 14.4 Å². The van der Waals surface area contributed by atoms with E-state index in [4.69, 9.17) is 10.8 Å². The van der Waals surface area contributed by atoms with Gasteiger partial charge in [-0.25, -0.2) is 4.79 Å². The van der Waals surface area contributed by atoms with E-state index in [2.05, 4.69) is 10.1 Å². The van der Waals surface area contributed by atoms with E-state index < -0.39 is 36.4 Å². The molecule has 2 atom stereocenters. The van der Waals surface area contributed by atoms with Gasteiger partial charge in [-0.05, 0) is 12.0 Å². The first-order chi connectivity index (χ1) is 9.93. The number of hydrogen-bond donors (Lipinski definition) is 3. The minimum atomic E-state index is -1.25. The van der Waals surface area contributed by atoms with E-state index in [1.165, 1.54) is 0 Å². The number of carboxylic acids is 1. The van der Waals surface area contributed by atoms with Crippen LogP contribution in [0.2, 0.25) is 0 Å². The Morgan fingerprint density at radius 3 is 2.43 bits per heavy atom. The number of aliphatic carboxylic acids is 1. The number of rotatable bonds is 7. The van der Waals surface area contributed by atoms with Gasteiger partial charge in [0.05, 0.1) is 19.6 Å². The molecule has 21 heavy (non-hydrogen) atoms. The molecule has 0 aromatic heterocycles. The summed E-state index contributed by atoms with van der Waals surface area (Å²) in [6.07, 6.45) is -0.274. The van der Waals surface area contributed by atoms with Crippen LogP contribution < -0.4 is 11.1 Å². The number of carbonyl (C=O) groups excluding carboxylic acids is 2. The van der Waals surface area contributed by atoms with E-state index in [1.54, 1.807) is 0 Å². The fraction of sp³-hybridized carbons (Fsp3) is 0.357. The lowest BCUT2D eigenvalue weighted by atomic mass is 10.1. The van der Waals surface area contributed by atoms with Crippen LogP contribution in [0.25, 0.3) is 0 Å². The van der Waals surface area contributed by atoms with E-state index in [-0.39, 0.29) is 6.42 Å². The number of carbonyl (C=O) groups is 3. The summed E-state index contributed by atoms with van der Waals surface area (Å²) < 4.78 is 4.45. The summed E-state index contributed by atoms with van der Waals surface area (Å²) in [5.41, 5.74) is 6.63. The lowest BCUT2D eigenvalue weighted by Crippen LogP contribution is -2.50. The normalized spacial score (nSPS) is 13.0. The topological polar surface area (TPSA) is 119 Å². The summed E-state index contributed by atoms with van der Waals surface area (Å²) >= 11 is 0. The number of amides is 1. The summed E-state index contributed by atoms with van der Waals surface area (Å²) in [6.45, 7) is 0. The van der Waals surface area contributed by atoms with Gasteiger partial charge in [0, 0.05) is 0 Å². The summed E-state index contributed by atoms with van der Waals surface area (Å²) in [5, 5.41) is 11.0. The minimum absolute atomic E-state index is 0.285. The highest BCUT2D eigenvalue weighted by atomic mass is 16.5. The average Bonchev–Trinajstić information content (AvgIpc) is 2.46. The lowest BCUT2D eigenvalue weighted by Gasteiger charge is -2.18. The molecule has 0 bridgehead atoms. The van der Waals surface area contributed by atoms with Gasteiger partial charge in [0.2, 0.25) is 5.91 Å². The minimum Gasteiger partial charge on any atom is -0.481 e. The molecule has 0 fully saturated rings. The van der Waals surface area contributed by atoms with Crippen molar-refractivity contribution in [2.24, 2.45) is 5.73 Å². The molecule has 1 aromatic rings. The Balaban J connectivity index is 2.63. The predicted molar refractivity (Wildman–Crippen MR) is 74.3 cm³/mol. The highest BCUT2D eigenvalue weighted by molar-refractivity contribution is 5.89. The van der Waals surface area contributed by atoms with Gasteiger partial charge in [-0.15, -0.1) is 0 Å². The molecule has 0 aliphatic rings. The summed E-state index contributed by atoms with van der Waals surface area (Å²) in [5.74, 6) is -2.64. The Hall–Kier alpha value is -2.41. The molecule has 0 spiro atoms. The van der Waals surface area contributed by atoms with Crippen LogP contribution >= 0.6 is 0 Å². The second-order valence-corrected chi connectivity index (χ2v) is 4.48. The first kappa shape index (κ1) is 16.6. The van der Waals surface area contributed by atoms with Crippen molar-refractivity contribution in [2.75, 3.05) is 7.11 Å². The Labute approximate surface area is 122 Å². The van der Waals surface area contributed by atoms with Gasteiger partial charge in [-0.1, -0.05) is 30.3 Å². The zero-order chi connectivity index (χ0) is 15.8. The molecular weight excluding hydrogens is 276 g/mol. The molecule has 7 nitrogen and oxygen atoms in total. The SMILES string of the molecule is COC(=O)[C@H](CC(=O)O)NC(=O)[C@@H](N)Cc1ccccc1. The Morgan fingerprint density at radius 1 is 1.29 bits per heavy atom. The van der Waals surface area contributed by atoms with Crippen LogP contribution in [-0.2, 0) is 25.5 Å². The van der Waals surface area contributed by atoms with Crippen molar-refractivity contribution in [1.29, 1.82) is 0 Å². The third-order valence-electron chi connectivity index (χ3n) is 2.82. The van der Waals surface area contributed by atoms with Gasteiger partial charge < -0.3 is 20.9 Å². The highest BCUT2D eigenvalue weighted by Crippen LogP contribution is 2.03. The largest absolute Gasteiger partial charge is 0.481 e. The Morgan fingerprint density at radius 2 is 1.90 bits per heavy atom. The van der Waals surface area contributed by atoms with Gasteiger partial charge in [0.25, 0.3) is 0 Å². The van der Waals surface area contributed by atoms with Crippen molar-refractivity contribution in [3.63, 3.8) is 0 Å². The number of benzene rings is 1. The number of carboxylic acid groups (broad SMARTS) is 1. The second-order valence-electron chi connectivity index (χ2n) is 4.48. The maximum absolute atomic E-state index is 11.9. The Kier molecular flexibility index (Phi) is 6.35. The van der Waals surface area contributed by atoms with Crippen molar-refractivity contribution >= 4 is 17.8 Å². The number of hydrogen-bond acceptors (Lipinski definition) is 5. The first-order valence-electron chi connectivity index (χ1n) is 6.33. The molecular formula is C14H18N2O5. The number of esters is 1. The third-order valence-corrected chi connectivity index (χ3v) is 2.82. The third kappa shape index (κ3) is 5.62. The zero-order valence-electron chi connectivity index (χ0n) is 11.6. The maximum Gasteiger partial charge on any atom is 0.328 e. The fourth-order valence-electron chi connectivity index (χ4n) is 1.75. The zero-order valence-corrected chi connectivity index (χ0v) is 11.6. The molecule has 1 amide bonds. The molecule has 0 heterocycles. The number of methoxy groups -OCH3 is 1. The van der Waals surface area contributed by atoms with Crippen LogP contribution in [0.5, 0.6) is 0 Å². The van der Waals surface area contributed by atoms with Gasteiger partial charge in [0.1, 0.15) is 6.04 Å². The molecule has 7 heteroatoms. The van der Waals surface area contributed by atoms with Crippen LogP contribution in [0.1, 0.15) is 12.0 Å². The van der Waals surface area contributed by atoms with Gasteiger partial charge in [-0.2, -0.15) is 0 Å². The van der Waals surface area contributed by atoms with Gasteiger partial charge in [0.15, 0.2) is 0 Å². The molecule has 0 saturated heterocycles. The van der Waals surface area contributed by atoms with Crippen LogP contribution in [-0.4, -0.2) is 42.1 Å². The number of nitrogens with two attached hydrogens (primary N) is 1. The molecule has 114 valence electrons. The van der Waals surface area contributed by atoms with Crippen LogP contribution in [0.4, 0.5) is 0 Å². The van der Waals surface area contributed by atoms with Gasteiger partial charge >= 0.3 is 11.9 Å². The van der Waals surface area contributed by atoms with Crippen LogP contribution in [0, 0.1) is 0 Å². The van der Waals surface area contributed by atoms with E-state index in [0.717, 1.165) is 12.7 Å². The van der Waals surface area contributed by atoms with Gasteiger partial charge in [-0.3, -0.25) is 9.59 Å². The van der Waals surface area contributed by atoms with E-state index in [0.29, 0.717) is 0 Å². The Bertz CT molecular complexity index is 503. The summed E-state index contributed by atoms with van der Waals surface area (Å²) in [4.78, 5) is 34.0. The van der Waals surface area contributed by atoms with Crippen LogP contribution in [0.15, 0.2) is 30.3 Å². The van der Waals surface area contributed by atoms with Crippen LogP contribution in [0.3, 0.4) is 0 Å². The molecule has 0 radical (unpaired) electrons. The smallest absolute Gasteiger partial charge is 0.328 e. The quantitative estimate of drug-likeness (QED) is 0.593. The maximum atomic E-state index is 11.9. The number of nitrogens with one attached hydrogen (secondary N) is 1. The second kappa shape index (κ2) is 8.01. The average molecular weight is 294 g/mol. The molecule has 0 saturated carbocycles. The molecule has 1 aromatic carbocycles. The van der Waals surface area contributed by atoms with Crippen molar-refractivity contribution in [1.82, 2.24) is 5.32 Å². The molecule has 0 aliphatic carbocycles. The van der Waals surface area contributed by atoms with E-state index in [1.807, 2.05) is 30.3 Å². The van der Waals surface area contributed by atoms with Crippen molar-refractivity contribution in [2.45, 2.75) is 24.9 Å². The lowest BCUT2D eigenvalue weighted by molar-refractivity contribution is -0.149. The summed E-state index contributed by atoms with van der Waals surface area (Å²) in [6, 6.07) is 7.00. The molecule has 1 rings (SSSR count). The fourth-order valence-corrected chi connectivity index (χ4v) is 1.75. The molecule has 0 unspecified atom stereocenters. The van der Waals surface area contributed by atoms with Crippen molar-refractivity contribution in [3.05, 3.63) is 35.9 Å². The molecule has 0 aliphatic heterocycles. The van der Waals surface area contributed by atoms with E-state index >= 15 is 0 Å². The van der Waals surface area contributed by atoms with Crippen molar-refractivity contribution in [3.8, 4) is 0 Å². The standard InChI is InChI=1S/C14H18N2O5/c1-21-14(20)11(8-12(17)18)16-13(19)10(15)7-9-5-3-2-4-6-9/h2-6,10-11H,7-8,15H2,1H3,(H,16,19)(H,17,18)/t10-,11-/m0/s1. The monoisotopic (exact) mass is 294 g/mol. The number of ether oxygens (including phenoxy) is 1. The predicted octanol–water partition coefficient (Wildman–Crippen LogP) is -0.311. The highest BCUT2D eigenvalue weighted by Gasteiger charge is 2.26. The molecule has 4 N–H and O–H groups in total.